The van der Waals surface area contributed by atoms with E-state index in [1.54, 1.807) is 12.1 Å². The van der Waals surface area contributed by atoms with Crippen LogP contribution < -0.4 is 10.1 Å². The van der Waals surface area contributed by atoms with E-state index in [1.807, 2.05) is 0 Å². The Morgan fingerprint density at radius 1 is 1.27 bits per heavy atom. The molecule has 0 amide bonds. The summed E-state index contributed by atoms with van der Waals surface area (Å²) in [5.74, 6) is 0.516. The van der Waals surface area contributed by atoms with Gasteiger partial charge in [0, 0.05) is 18.0 Å². The minimum atomic E-state index is -4.51. The molecule has 0 spiro atoms. The van der Waals surface area contributed by atoms with Crippen LogP contribution in [0.4, 0.5) is 18.9 Å². The SMILES string of the molecule is N#CC(C#N)=CNc1cc(OCC2CC2)cc(C(F)(F)F)c1. The topological polar surface area (TPSA) is 68.8 Å². The van der Waals surface area contributed by atoms with Crippen molar-refractivity contribution in [3.8, 4) is 17.9 Å². The average molecular weight is 307 g/mol. The van der Waals surface area contributed by atoms with E-state index in [-0.39, 0.29) is 17.0 Å². The molecule has 0 heterocycles. The molecule has 0 bridgehead atoms. The quantitative estimate of drug-likeness (QED) is 0.839. The third-order valence-corrected chi connectivity index (χ3v) is 3.04. The van der Waals surface area contributed by atoms with Crippen molar-refractivity contribution >= 4 is 5.69 Å². The monoisotopic (exact) mass is 307 g/mol. The summed E-state index contributed by atoms with van der Waals surface area (Å²) in [4.78, 5) is 0. The van der Waals surface area contributed by atoms with Gasteiger partial charge in [-0.1, -0.05) is 0 Å². The summed E-state index contributed by atoms with van der Waals surface area (Å²) in [6.07, 6.45) is -1.40. The number of ether oxygens (including phenoxy) is 1. The fraction of sp³-hybridized carbons (Fsp3) is 0.333. The third kappa shape index (κ3) is 4.42. The Labute approximate surface area is 125 Å². The summed E-state index contributed by atoms with van der Waals surface area (Å²) in [6, 6.07) is 6.46. The van der Waals surface area contributed by atoms with Gasteiger partial charge in [-0.3, -0.25) is 0 Å². The Morgan fingerprint density at radius 2 is 1.95 bits per heavy atom. The van der Waals surface area contributed by atoms with Gasteiger partial charge in [0.1, 0.15) is 23.5 Å². The first kappa shape index (κ1) is 15.7. The fourth-order valence-electron chi connectivity index (χ4n) is 1.67. The predicted octanol–water partition coefficient (Wildman–Crippen LogP) is 3.84. The number of hydrogen-bond donors (Lipinski definition) is 1. The molecule has 2 rings (SSSR count). The van der Waals surface area contributed by atoms with Crippen LogP contribution in [0.15, 0.2) is 30.0 Å². The molecular weight excluding hydrogens is 295 g/mol. The molecule has 1 aromatic carbocycles. The smallest absolute Gasteiger partial charge is 0.416 e. The minimum Gasteiger partial charge on any atom is -0.493 e. The second kappa shape index (κ2) is 6.40. The van der Waals surface area contributed by atoms with Crippen LogP contribution in [0.2, 0.25) is 0 Å². The maximum Gasteiger partial charge on any atom is 0.416 e. The van der Waals surface area contributed by atoms with Crippen LogP contribution in [0.3, 0.4) is 0 Å². The summed E-state index contributed by atoms with van der Waals surface area (Å²) in [6.45, 7) is 0.387. The van der Waals surface area contributed by atoms with Gasteiger partial charge in [0.15, 0.2) is 0 Å². The van der Waals surface area contributed by atoms with Crippen molar-refractivity contribution in [1.82, 2.24) is 0 Å². The molecular formula is C15H12F3N3O. The Kier molecular flexibility index (Phi) is 4.57. The molecule has 1 saturated carbocycles. The highest BCUT2D eigenvalue weighted by molar-refractivity contribution is 5.55. The van der Waals surface area contributed by atoms with Crippen LogP contribution >= 0.6 is 0 Å². The lowest BCUT2D eigenvalue weighted by Crippen LogP contribution is -2.07. The molecule has 1 aromatic rings. The van der Waals surface area contributed by atoms with E-state index >= 15 is 0 Å². The largest absolute Gasteiger partial charge is 0.493 e. The Balaban J connectivity index is 2.23. The van der Waals surface area contributed by atoms with Crippen molar-refractivity contribution in [3.63, 3.8) is 0 Å². The fourth-order valence-corrected chi connectivity index (χ4v) is 1.67. The van der Waals surface area contributed by atoms with Gasteiger partial charge in [-0.2, -0.15) is 23.7 Å². The lowest BCUT2D eigenvalue weighted by atomic mass is 10.1. The summed E-state index contributed by atoms with van der Waals surface area (Å²) in [5.41, 5.74) is -0.992. The lowest BCUT2D eigenvalue weighted by Gasteiger charge is -2.13. The third-order valence-electron chi connectivity index (χ3n) is 3.04. The molecule has 114 valence electrons. The van der Waals surface area contributed by atoms with Gasteiger partial charge >= 0.3 is 6.18 Å². The van der Waals surface area contributed by atoms with E-state index in [0.717, 1.165) is 31.2 Å². The van der Waals surface area contributed by atoms with Crippen LogP contribution in [0.1, 0.15) is 18.4 Å². The van der Waals surface area contributed by atoms with Gasteiger partial charge < -0.3 is 10.1 Å². The number of hydrogen-bond acceptors (Lipinski definition) is 4. The van der Waals surface area contributed by atoms with E-state index in [9.17, 15) is 13.2 Å². The van der Waals surface area contributed by atoms with Gasteiger partial charge in [0.2, 0.25) is 0 Å². The summed E-state index contributed by atoms with van der Waals surface area (Å²) in [5, 5.41) is 19.7. The van der Waals surface area contributed by atoms with Gasteiger partial charge in [0.25, 0.3) is 0 Å². The number of nitriles is 2. The number of nitrogens with one attached hydrogen (secondary N) is 1. The average Bonchev–Trinajstić information content (AvgIpc) is 3.29. The number of nitrogens with zero attached hydrogens (tertiary/aromatic N) is 2. The predicted molar refractivity (Wildman–Crippen MR) is 72.6 cm³/mol. The van der Waals surface area contributed by atoms with Crippen molar-refractivity contribution in [2.45, 2.75) is 19.0 Å². The summed E-state index contributed by atoms with van der Waals surface area (Å²) < 4.78 is 44.0. The zero-order valence-electron chi connectivity index (χ0n) is 11.4. The second-order valence-corrected chi connectivity index (χ2v) is 4.92. The molecule has 0 unspecified atom stereocenters. The highest BCUT2D eigenvalue weighted by atomic mass is 19.4. The van der Waals surface area contributed by atoms with Gasteiger partial charge in [-0.15, -0.1) is 0 Å². The highest BCUT2D eigenvalue weighted by Gasteiger charge is 2.31. The van der Waals surface area contributed by atoms with Crippen molar-refractivity contribution in [2.75, 3.05) is 11.9 Å². The number of rotatable bonds is 5. The van der Waals surface area contributed by atoms with Crippen molar-refractivity contribution < 1.29 is 17.9 Å². The molecule has 1 fully saturated rings. The molecule has 0 atom stereocenters. The van der Waals surface area contributed by atoms with Gasteiger partial charge in [-0.05, 0) is 30.9 Å². The van der Waals surface area contributed by atoms with E-state index in [4.69, 9.17) is 15.3 Å². The molecule has 0 aromatic heterocycles. The molecule has 7 heteroatoms. The van der Waals surface area contributed by atoms with E-state index in [2.05, 4.69) is 5.32 Å². The molecule has 0 radical (unpaired) electrons. The Bertz CT molecular complexity index is 648. The van der Waals surface area contributed by atoms with E-state index < -0.39 is 11.7 Å². The van der Waals surface area contributed by atoms with Crippen LogP contribution in [0.25, 0.3) is 0 Å². The van der Waals surface area contributed by atoms with Crippen LogP contribution in [-0.4, -0.2) is 6.61 Å². The molecule has 4 nitrogen and oxygen atoms in total. The maximum absolute atomic E-state index is 12.9. The van der Waals surface area contributed by atoms with E-state index in [1.165, 1.54) is 6.07 Å². The zero-order chi connectivity index (χ0) is 16.2. The van der Waals surface area contributed by atoms with E-state index in [0.29, 0.717) is 12.5 Å². The van der Waals surface area contributed by atoms with Gasteiger partial charge in [0.05, 0.1) is 12.2 Å². The van der Waals surface area contributed by atoms with Crippen molar-refractivity contribution in [3.05, 3.63) is 35.5 Å². The van der Waals surface area contributed by atoms with Gasteiger partial charge in [-0.25, -0.2) is 0 Å². The Hall–Kier alpha value is -2.67. The lowest BCUT2D eigenvalue weighted by molar-refractivity contribution is -0.137. The number of benzene rings is 1. The summed E-state index contributed by atoms with van der Waals surface area (Å²) >= 11 is 0. The maximum atomic E-state index is 12.9. The van der Waals surface area contributed by atoms with Crippen molar-refractivity contribution in [2.24, 2.45) is 5.92 Å². The van der Waals surface area contributed by atoms with Crippen LogP contribution in [0.5, 0.6) is 5.75 Å². The first-order valence-corrected chi connectivity index (χ1v) is 6.54. The minimum absolute atomic E-state index is 0.101. The summed E-state index contributed by atoms with van der Waals surface area (Å²) in [7, 11) is 0. The molecule has 0 saturated heterocycles. The number of alkyl halides is 3. The molecule has 22 heavy (non-hydrogen) atoms. The van der Waals surface area contributed by atoms with Crippen LogP contribution in [0, 0.1) is 28.6 Å². The number of allylic oxidation sites excluding steroid dienone is 1. The molecule has 1 aliphatic rings. The Morgan fingerprint density at radius 3 is 2.50 bits per heavy atom. The molecule has 1 N–H and O–H groups in total. The second-order valence-electron chi connectivity index (χ2n) is 4.92. The molecule has 1 aliphatic carbocycles. The van der Waals surface area contributed by atoms with Crippen LogP contribution in [-0.2, 0) is 6.18 Å². The zero-order valence-corrected chi connectivity index (χ0v) is 11.4. The first-order chi connectivity index (χ1) is 10.4. The highest BCUT2D eigenvalue weighted by Crippen LogP contribution is 2.35. The standard InChI is InChI=1S/C15H12F3N3O/c16-15(17,18)12-3-13(21-8-11(6-19)7-20)5-14(4-12)22-9-10-1-2-10/h3-5,8,10,21H,1-2,9H2. The molecule has 0 aliphatic heterocycles. The van der Waals surface area contributed by atoms with Crippen molar-refractivity contribution in [1.29, 1.82) is 10.5 Å². The first-order valence-electron chi connectivity index (χ1n) is 6.54. The number of anilines is 1. The normalized spacial score (nSPS) is 13.7. The number of halogens is 3.